The van der Waals surface area contributed by atoms with Gasteiger partial charge in [-0.05, 0) is 53.9 Å². The Kier molecular flexibility index (Phi) is 2.31. The van der Waals surface area contributed by atoms with E-state index in [0.717, 1.165) is 21.9 Å². The number of rotatable bonds is 1. The third-order valence-electron chi connectivity index (χ3n) is 2.80. The largest absolute Gasteiger partial charge is 0.507 e. The zero-order valence-corrected chi connectivity index (χ0v) is 9.11. The van der Waals surface area contributed by atoms with E-state index in [1.165, 1.54) is 0 Å². The highest BCUT2D eigenvalue weighted by Gasteiger charge is 2.09. The second kappa shape index (κ2) is 3.52. The molecule has 0 aliphatic carbocycles. The van der Waals surface area contributed by atoms with Crippen molar-refractivity contribution in [1.82, 2.24) is 0 Å². The summed E-state index contributed by atoms with van der Waals surface area (Å²) in [6, 6.07) is 6.70. The molecule has 3 nitrogen and oxygen atoms in total. The Morgan fingerprint density at radius 3 is 2.50 bits per heavy atom. The average Bonchev–Trinajstić information content (AvgIpc) is 2.25. The lowest BCUT2D eigenvalue weighted by atomic mass is 9.99. The summed E-state index contributed by atoms with van der Waals surface area (Å²) in [4.78, 5) is 10.8. The summed E-state index contributed by atoms with van der Waals surface area (Å²) >= 11 is 0. The number of fused-ring (bicyclic) bond motifs is 1. The van der Waals surface area contributed by atoms with Crippen LogP contribution in [0.1, 0.15) is 21.5 Å². The van der Waals surface area contributed by atoms with Crippen LogP contribution in [0.2, 0.25) is 0 Å². The lowest BCUT2D eigenvalue weighted by Gasteiger charge is -2.08. The highest BCUT2D eigenvalue weighted by molar-refractivity contribution is 5.96. The van der Waals surface area contributed by atoms with Gasteiger partial charge in [-0.1, -0.05) is 6.07 Å². The molecule has 0 bridgehead atoms. The molecule has 0 heterocycles. The van der Waals surface area contributed by atoms with Crippen LogP contribution in [-0.2, 0) is 0 Å². The van der Waals surface area contributed by atoms with Gasteiger partial charge in [-0.3, -0.25) is 0 Å². The molecule has 0 radical (unpaired) electrons. The van der Waals surface area contributed by atoms with Crippen LogP contribution in [0.4, 0.5) is 0 Å². The molecule has 2 rings (SSSR count). The van der Waals surface area contributed by atoms with Crippen molar-refractivity contribution in [3.8, 4) is 5.75 Å². The molecule has 2 N–H and O–H groups in total. The van der Waals surface area contributed by atoms with E-state index in [2.05, 4.69) is 0 Å². The first-order chi connectivity index (χ1) is 7.50. The van der Waals surface area contributed by atoms with Gasteiger partial charge in [0.1, 0.15) is 5.75 Å². The second-order valence-corrected chi connectivity index (χ2v) is 3.91. The van der Waals surface area contributed by atoms with E-state index in [0.29, 0.717) is 0 Å². The fourth-order valence-electron chi connectivity index (χ4n) is 1.88. The summed E-state index contributed by atoms with van der Waals surface area (Å²) < 4.78 is 0. The zero-order valence-electron chi connectivity index (χ0n) is 9.11. The Morgan fingerprint density at radius 2 is 1.88 bits per heavy atom. The van der Waals surface area contributed by atoms with Gasteiger partial charge in [-0.2, -0.15) is 0 Å². The standard InChI is InChI=1S/C13H12O3/c1-7-5-10-6-9(13(15)16)3-4-11(10)8(2)12(7)14/h3-6,14H,1-2H3,(H,15,16). The van der Waals surface area contributed by atoms with Crippen molar-refractivity contribution in [1.29, 1.82) is 0 Å². The first-order valence-corrected chi connectivity index (χ1v) is 4.97. The van der Waals surface area contributed by atoms with Crippen molar-refractivity contribution in [2.45, 2.75) is 13.8 Å². The maximum absolute atomic E-state index is 10.8. The van der Waals surface area contributed by atoms with Crippen molar-refractivity contribution in [2.24, 2.45) is 0 Å². The number of carboxylic acids is 1. The van der Waals surface area contributed by atoms with E-state index in [-0.39, 0.29) is 11.3 Å². The van der Waals surface area contributed by atoms with E-state index < -0.39 is 5.97 Å². The van der Waals surface area contributed by atoms with Crippen LogP contribution in [0, 0.1) is 13.8 Å². The quantitative estimate of drug-likeness (QED) is 0.770. The molecule has 2 aromatic carbocycles. The molecule has 0 amide bonds. The predicted octanol–water partition coefficient (Wildman–Crippen LogP) is 2.86. The highest BCUT2D eigenvalue weighted by Crippen LogP contribution is 2.30. The summed E-state index contributed by atoms with van der Waals surface area (Å²) in [7, 11) is 0. The topological polar surface area (TPSA) is 57.5 Å². The Balaban J connectivity index is 2.81. The highest BCUT2D eigenvalue weighted by atomic mass is 16.4. The number of hydrogen-bond donors (Lipinski definition) is 2. The molecule has 3 heteroatoms. The molecule has 0 spiro atoms. The van der Waals surface area contributed by atoms with Crippen molar-refractivity contribution >= 4 is 16.7 Å². The van der Waals surface area contributed by atoms with E-state index in [4.69, 9.17) is 5.11 Å². The molecule has 0 saturated carbocycles. The second-order valence-electron chi connectivity index (χ2n) is 3.91. The number of carboxylic acid groups (broad SMARTS) is 1. The molecule has 0 aromatic heterocycles. The van der Waals surface area contributed by atoms with Crippen LogP contribution in [0.25, 0.3) is 10.8 Å². The minimum atomic E-state index is -0.940. The number of hydrogen-bond acceptors (Lipinski definition) is 2. The van der Waals surface area contributed by atoms with Crippen molar-refractivity contribution < 1.29 is 15.0 Å². The SMILES string of the molecule is Cc1cc2cc(C(=O)O)ccc2c(C)c1O. The van der Waals surface area contributed by atoms with Gasteiger partial charge in [0.25, 0.3) is 0 Å². The van der Waals surface area contributed by atoms with Crippen LogP contribution in [-0.4, -0.2) is 16.2 Å². The lowest BCUT2D eigenvalue weighted by molar-refractivity contribution is 0.0697. The van der Waals surface area contributed by atoms with Gasteiger partial charge in [0.2, 0.25) is 0 Å². The minimum Gasteiger partial charge on any atom is -0.507 e. The van der Waals surface area contributed by atoms with Gasteiger partial charge in [0, 0.05) is 0 Å². The van der Waals surface area contributed by atoms with Gasteiger partial charge < -0.3 is 10.2 Å². The van der Waals surface area contributed by atoms with E-state index in [1.807, 2.05) is 6.92 Å². The van der Waals surface area contributed by atoms with Crippen molar-refractivity contribution in [3.05, 3.63) is 41.0 Å². The third-order valence-corrected chi connectivity index (χ3v) is 2.80. The Morgan fingerprint density at radius 1 is 1.19 bits per heavy atom. The monoisotopic (exact) mass is 216 g/mol. The molecule has 16 heavy (non-hydrogen) atoms. The first-order valence-electron chi connectivity index (χ1n) is 4.97. The molecule has 0 atom stereocenters. The molecule has 82 valence electrons. The molecule has 0 aliphatic rings. The van der Waals surface area contributed by atoms with Crippen LogP contribution < -0.4 is 0 Å². The molecular formula is C13H12O3. The fraction of sp³-hybridized carbons (Fsp3) is 0.154. The summed E-state index contributed by atoms with van der Waals surface area (Å²) in [5.74, 6) is -0.666. The maximum atomic E-state index is 10.8. The average molecular weight is 216 g/mol. The van der Waals surface area contributed by atoms with Crippen LogP contribution >= 0.6 is 0 Å². The number of aromatic carboxylic acids is 1. The van der Waals surface area contributed by atoms with Crippen molar-refractivity contribution in [3.63, 3.8) is 0 Å². The van der Waals surface area contributed by atoms with Gasteiger partial charge in [-0.25, -0.2) is 4.79 Å². The van der Waals surface area contributed by atoms with Crippen LogP contribution in [0.15, 0.2) is 24.3 Å². The third kappa shape index (κ3) is 1.50. The zero-order chi connectivity index (χ0) is 11.9. The molecule has 0 unspecified atom stereocenters. The number of phenols is 1. The summed E-state index contributed by atoms with van der Waals surface area (Å²) in [5.41, 5.74) is 1.80. The number of benzene rings is 2. The molecule has 0 fully saturated rings. The van der Waals surface area contributed by atoms with Gasteiger partial charge in [0.05, 0.1) is 5.56 Å². The minimum absolute atomic E-state index is 0.261. The van der Waals surface area contributed by atoms with E-state index in [1.54, 1.807) is 31.2 Å². The number of aromatic hydroxyl groups is 1. The smallest absolute Gasteiger partial charge is 0.335 e. The Hall–Kier alpha value is -2.03. The Bertz CT molecular complexity index is 585. The maximum Gasteiger partial charge on any atom is 0.335 e. The fourth-order valence-corrected chi connectivity index (χ4v) is 1.88. The first kappa shape index (κ1) is 10.5. The Labute approximate surface area is 93.0 Å². The normalized spacial score (nSPS) is 10.6. The van der Waals surface area contributed by atoms with Gasteiger partial charge in [0.15, 0.2) is 0 Å². The molecule has 2 aromatic rings. The number of carbonyl (C=O) groups is 1. The van der Waals surface area contributed by atoms with E-state index in [9.17, 15) is 9.90 Å². The summed E-state index contributed by atoms with van der Waals surface area (Å²) in [6.07, 6.45) is 0. The van der Waals surface area contributed by atoms with Crippen LogP contribution in [0.3, 0.4) is 0 Å². The van der Waals surface area contributed by atoms with Crippen LogP contribution in [0.5, 0.6) is 5.75 Å². The number of phenolic OH excluding ortho intramolecular Hbond substituents is 1. The van der Waals surface area contributed by atoms with E-state index >= 15 is 0 Å². The van der Waals surface area contributed by atoms with Crippen molar-refractivity contribution in [2.75, 3.05) is 0 Å². The summed E-state index contributed by atoms with van der Waals surface area (Å²) in [6.45, 7) is 3.63. The molecule has 0 saturated heterocycles. The van der Waals surface area contributed by atoms with Gasteiger partial charge in [-0.15, -0.1) is 0 Å². The molecule has 0 aliphatic heterocycles. The summed E-state index contributed by atoms with van der Waals surface area (Å²) in [5, 5.41) is 20.4. The van der Waals surface area contributed by atoms with Gasteiger partial charge >= 0.3 is 5.97 Å². The lowest BCUT2D eigenvalue weighted by Crippen LogP contribution is -1.96. The molecular weight excluding hydrogens is 204 g/mol. The predicted molar refractivity (Wildman–Crippen MR) is 62.0 cm³/mol. The number of aryl methyl sites for hydroxylation is 2.